The molecule has 3 rings (SSSR count). The maximum absolute atomic E-state index is 11.9. The summed E-state index contributed by atoms with van der Waals surface area (Å²) in [5.41, 5.74) is 1.70. The van der Waals surface area contributed by atoms with Gasteiger partial charge in [0.1, 0.15) is 11.4 Å². The summed E-state index contributed by atoms with van der Waals surface area (Å²) >= 11 is 0. The van der Waals surface area contributed by atoms with Crippen molar-refractivity contribution in [2.75, 3.05) is 13.7 Å². The number of carbonyl (C=O) groups is 1. The fraction of sp³-hybridized carbons (Fsp3) is 0.409. The molecular weight excluding hydrogens is 374 g/mol. The molecule has 2 aromatic rings. The van der Waals surface area contributed by atoms with Gasteiger partial charge in [-0.3, -0.25) is 4.79 Å². The zero-order valence-corrected chi connectivity index (χ0v) is 16.8. The van der Waals surface area contributed by atoms with Crippen LogP contribution in [-0.4, -0.2) is 59.0 Å². The van der Waals surface area contributed by atoms with Crippen LogP contribution in [0.2, 0.25) is 0 Å². The Balaban J connectivity index is 1.84. The van der Waals surface area contributed by atoms with Gasteiger partial charge in [0.25, 0.3) is 5.91 Å². The fourth-order valence-electron chi connectivity index (χ4n) is 3.41. The minimum atomic E-state index is -1.61. The maximum atomic E-state index is 11.9. The first-order valence-electron chi connectivity index (χ1n) is 9.52. The van der Waals surface area contributed by atoms with Crippen molar-refractivity contribution < 1.29 is 29.6 Å². The number of benzene rings is 2. The molecule has 4 atom stereocenters. The lowest BCUT2D eigenvalue weighted by Gasteiger charge is -2.43. The molecule has 0 unspecified atom stereocenters. The SMILES string of the molecule is CNC(=O)c1cccc(-c2ccc(O[C@H]3O[C@H](CO)C[C@H](O)[C@]3(C)O)cc2C)c1. The summed E-state index contributed by atoms with van der Waals surface area (Å²) in [6.45, 7) is 3.09. The van der Waals surface area contributed by atoms with Crippen molar-refractivity contribution in [3.05, 3.63) is 53.6 Å². The predicted octanol–water partition coefficient (Wildman–Crippen LogP) is 1.62. The molecule has 1 aliphatic rings. The number of carbonyl (C=O) groups excluding carboxylic acids is 1. The molecular formula is C22H27NO6. The largest absolute Gasteiger partial charge is 0.462 e. The van der Waals surface area contributed by atoms with Crippen LogP contribution in [0.3, 0.4) is 0 Å². The second-order valence-electron chi connectivity index (χ2n) is 7.50. The summed E-state index contributed by atoms with van der Waals surface area (Å²) in [4.78, 5) is 11.9. The van der Waals surface area contributed by atoms with Gasteiger partial charge < -0.3 is 30.1 Å². The summed E-state index contributed by atoms with van der Waals surface area (Å²) < 4.78 is 11.4. The number of hydrogen-bond acceptors (Lipinski definition) is 6. The van der Waals surface area contributed by atoms with Crippen molar-refractivity contribution in [2.45, 2.75) is 44.4 Å². The van der Waals surface area contributed by atoms with Gasteiger partial charge in [0.15, 0.2) is 0 Å². The molecule has 1 heterocycles. The number of amides is 1. The summed E-state index contributed by atoms with van der Waals surface area (Å²) in [6, 6.07) is 12.7. The Morgan fingerprint density at radius 1 is 1.31 bits per heavy atom. The Labute approximate surface area is 169 Å². The monoisotopic (exact) mass is 401 g/mol. The molecule has 29 heavy (non-hydrogen) atoms. The van der Waals surface area contributed by atoms with Gasteiger partial charge in [-0.05, 0) is 54.8 Å². The van der Waals surface area contributed by atoms with Crippen molar-refractivity contribution in [3.8, 4) is 16.9 Å². The van der Waals surface area contributed by atoms with Gasteiger partial charge in [0.05, 0.1) is 18.8 Å². The Bertz CT molecular complexity index is 881. The lowest BCUT2D eigenvalue weighted by Crippen LogP contribution is -2.60. The number of aliphatic hydroxyl groups excluding tert-OH is 2. The summed E-state index contributed by atoms with van der Waals surface area (Å²) in [7, 11) is 1.59. The first-order valence-corrected chi connectivity index (χ1v) is 9.52. The lowest BCUT2D eigenvalue weighted by atomic mass is 9.90. The van der Waals surface area contributed by atoms with Crippen LogP contribution in [0.5, 0.6) is 5.75 Å². The Morgan fingerprint density at radius 2 is 2.07 bits per heavy atom. The van der Waals surface area contributed by atoms with Crippen LogP contribution in [-0.2, 0) is 4.74 Å². The van der Waals surface area contributed by atoms with Crippen LogP contribution in [0.4, 0.5) is 0 Å². The number of hydrogen-bond donors (Lipinski definition) is 4. The van der Waals surface area contributed by atoms with Crippen LogP contribution in [0.1, 0.15) is 29.3 Å². The Kier molecular flexibility index (Phi) is 6.24. The maximum Gasteiger partial charge on any atom is 0.251 e. The molecule has 0 radical (unpaired) electrons. The van der Waals surface area contributed by atoms with E-state index >= 15 is 0 Å². The molecule has 7 heteroatoms. The van der Waals surface area contributed by atoms with Gasteiger partial charge in [-0.2, -0.15) is 0 Å². The van der Waals surface area contributed by atoms with E-state index < -0.39 is 24.1 Å². The minimum Gasteiger partial charge on any atom is -0.462 e. The number of aryl methyl sites for hydroxylation is 1. The molecule has 0 aliphatic carbocycles. The Hall–Kier alpha value is -2.45. The highest BCUT2D eigenvalue weighted by atomic mass is 16.7. The topological polar surface area (TPSA) is 108 Å². The zero-order chi connectivity index (χ0) is 21.2. The highest BCUT2D eigenvalue weighted by Crippen LogP contribution is 2.33. The van der Waals surface area contributed by atoms with Crippen molar-refractivity contribution in [1.82, 2.24) is 5.32 Å². The Morgan fingerprint density at radius 3 is 2.72 bits per heavy atom. The molecule has 4 N–H and O–H groups in total. The van der Waals surface area contributed by atoms with E-state index in [0.717, 1.165) is 16.7 Å². The standard InChI is InChI=1S/C22H27NO6/c1-13-9-16(28-21-22(2,27)19(25)11-17(12-24)29-21)7-8-18(13)14-5-4-6-15(10-14)20(26)23-3/h4-10,17,19,21,24-25,27H,11-12H2,1-3H3,(H,23,26)/t17-,19-,21-,22-/m0/s1. The summed E-state index contributed by atoms with van der Waals surface area (Å²) in [5.74, 6) is 0.308. The molecule has 7 nitrogen and oxygen atoms in total. The average molecular weight is 401 g/mol. The normalized spacial score (nSPS) is 26.8. The number of ether oxygens (including phenoxy) is 2. The van der Waals surface area contributed by atoms with Gasteiger partial charge in [0, 0.05) is 19.0 Å². The van der Waals surface area contributed by atoms with E-state index in [9.17, 15) is 20.1 Å². The van der Waals surface area contributed by atoms with Gasteiger partial charge in [0.2, 0.25) is 6.29 Å². The van der Waals surface area contributed by atoms with Crippen LogP contribution >= 0.6 is 0 Å². The van der Waals surface area contributed by atoms with E-state index in [4.69, 9.17) is 9.47 Å². The van der Waals surface area contributed by atoms with E-state index in [0.29, 0.717) is 11.3 Å². The smallest absolute Gasteiger partial charge is 0.251 e. The van der Waals surface area contributed by atoms with E-state index in [-0.39, 0.29) is 18.9 Å². The molecule has 0 bridgehead atoms. The van der Waals surface area contributed by atoms with Crippen molar-refractivity contribution in [3.63, 3.8) is 0 Å². The van der Waals surface area contributed by atoms with E-state index in [1.807, 2.05) is 31.2 Å². The molecule has 1 fully saturated rings. The second kappa shape index (κ2) is 8.51. The van der Waals surface area contributed by atoms with E-state index in [2.05, 4.69) is 5.32 Å². The van der Waals surface area contributed by atoms with Crippen molar-refractivity contribution in [2.24, 2.45) is 0 Å². The van der Waals surface area contributed by atoms with Gasteiger partial charge in [-0.1, -0.05) is 18.2 Å². The van der Waals surface area contributed by atoms with E-state index in [1.165, 1.54) is 6.92 Å². The molecule has 0 spiro atoms. The van der Waals surface area contributed by atoms with E-state index in [1.54, 1.807) is 25.2 Å². The molecule has 156 valence electrons. The number of rotatable bonds is 5. The van der Waals surface area contributed by atoms with Gasteiger partial charge in [-0.15, -0.1) is 0 Å². The fourth-order valence-corrected chi connectivity index (χ4v) is 3.41. The molecule has 1 saturated heterocycles. The number of nitrogens with one attached hydrogen (secondary N) is 1. The summed E-state index contributed by atoms with van der Waals surface area (Å²) in [6.07, 6.45) is -2.68. The highest BCUT2D eigenvalue weighted by Gasteiger charge is 2.48. The molecule has 0 saturated carbocycles. The first-order chi connectivity index (χ1) is 13.8. The quantitative estimate of drug-likeness (QED) is 0.606. The highest BCUT2D eigenvalue weighted by molar-refractivity contribution is 5.95. The second-order valence-corrected chi connectivity index (χ2v) is 7.50. The van der Waals surface area contributed by atoms with Crippen LogP contribution in [0, 0.1) is 6.92 Å². The number of aliphatic hydroxyl groups is 3. The third-order valence-electron chi connectivity index (χ3n) is 5.26. The lowest BCUT2D eigenvalue weighted by molar-refractivity contribution is -0.283. The molecule has 0 aromatic heterocycles. The third-order valence-corrected chi connectivity index (χ3v) is 5.26. The minimum absolute atomic E-state index is 0.128. The molecule has 2 aromatic carbocycles. The zero-order valence-electron chi connectivity index (χ0n) is 16.8. The first kappa shape index (κ1) is 21.3. The average Bonchev–Trinajstić information content (AvgIpc) is 2.71. The third kappa shape index (κ3) is 4.43. The molecule has 1 amide bonds. The van der Waals surface area contributed by atoms with Crippen LogP contribution < -0.4 is 10.1 Å². The van der Waals surface area contributed by atoms with Crippen molar-refractivity contribution >= 4 is 5.91 Å². The van der Waals surface area contributed by atoms with Gasteiger partial charge >= 0.3 is 0 Å². The van der Waals surface area contributed by atoms with Crippen molar-refractivity contribution in [1.29, 1.82) is 0 Å². The predicted molar refractivity (Wildman–Crippen MR) is 108 cm³/mol. The molecule has 1 aliphatic heterocycles. The van der Waals surface area contributed by atoms with Crippen LogP contribution in [0.15, 0.2) is 42.5 Å². The van der Waals surface area contributed by atoms with Crippen LogP contribution in [0.25, 0.3) is 11.1 Å². The summed E-state index contributed by atoms with van der Waals surface area (Å²) in [5, 5.41) is 32.7. The van der Waals surface area contributed by atoms with Gasteiger partial charge in [-0.25, -0.2) is 0 Å².